The van der Waals surface area contributed by atoms with E-state index in [1.54, 1.807) is 11.3 Å². The fourth-order valence-electron chi connectivity index (χ4n) is 2.70. The maximum Gasteiger partial charge on any atom is 0.0757 e. The zero-order chi connectivity index (χ0) is 12.5. The molecule has 2 heterocycles. The van der Waals surface area contributed by atoms with E-state index in [4.69, 9.17) is 10.5 Å². The molecule has 2 N–H and O–H groups in total. The Morgan fingerprint density at radius 3 is 2.94 bits per heavy atom. The Morgan fingerprint density at radius 2 is 2.41 bits per heavy atom. The van der Waals surface area contributed by atoms with E-state index in [1.165, 1.54) is 5.56 Å². The van der Waals surface area contributed by atoms with E-state index in [2.05, 4.69) is 42.5 Å². The molecule has 1 aromatic rings. The van der Waals surface area contributed by atoms with Crippen molar-refractivity contribution in [2.24, 2.45) is 5.73 Å². The first kappa shape index (κ1) is 13.0. The highest BCUT2D eigenvalue weighted by Gasteiger charge is 2.34. The number of nitrogens with zero attached hydrogens (tertiary/aromatic N) is 1. The summed E-state index contributed by atoms with van der Waals surface area (Å²) in [6, 6.07) is 2.50. The van der Waals surface area contributed by atoms with Gasteiger partial charge >= 0.3 is 0 Å². The molecule has 2 unspecified atom stereocenters. The first-order chi connectivity index (χ1) is 8.02. The molecule has 4 heteroatoms. The quantitative estimate of drug-likeness (QED) is 0.899. The number of hydrogen-bond acceptors (Lipinski definition) is 4. The third-order valence-corrected chi connectivity index (χ3v) is 3.89. The third-order valence-electron chi connectivity index (χ3n) is 3.19. The van der Waals surface area contributed by atoms with Gasteiger partial charge in [-0.3, -0.25) is 4.90 Å². The Bertz CT molecular complexity index is 350. The highest BCUT2D eigenvalue weighted by molar-refractivity contribution is 7.07. The van der Waals surface area contributed by atoms with Crippen molar-refractivity contribution in [3.8, 4) is 0 Å². The van der Waals surface area contributed by atoms with Crippen molar-refractivity contribution in [1.29, 1.82) is 0 Å². The average molecular weight is 254 g/mol. The van der Waals surface area contributed by atoms with Crippen molar-refractivity contribution < 1.29 is 4.74 Å². The van der Waals surface area contributed by atoms with Crippen molar-refractivity contribution in [3.63, 3.8) is 0 Å². The predicted octanol–water partition coefficient (Wildman–Crippen LogP) is 2.25. The summed E-state index contributed by atoms with van der Waals surface area (Å²) >= 11 is 1.73. The first-order valence-corrected chi connectivity index (χ1v) is 7.10. The molecule has 0 radical (unpaired) electrons. The number of ether oxygens (including phenoxy) is 1. The predicted molar refractivity (Wildman–Crippen MR) is 72.3 cm³/mol. The third kappa shape index (κ3) is 3.07. The fourth-order valence-corrected chi connectivity index (χ4v) is 3.41. The van der Waals surface area contributed by atoms with E-state index in [9.17, 15) is 0 Å². The molecule has 96 valence electrons. The molecule has 1 aromatic heterocycles. The lowest BCUT2D eigenvalue weighted by molar-refractivity contribution is -0.137. The van der Waals surface area contributed by atoms with E-state index in [1.807, 2.05) is 0 Å². The summed E-state index contributed by atoms with van der Waals surface area (Å²) in [5.74, 6) is 0. The molecule has 1 aliphatic rings. The summed E-state index contributed by atoms with van der Waals surface area (Å²) in [5.41, 5.74) is 7.20. The van der Waals surface area contributed by atoms with E-state index < -0.39 is 0 Å². The zero-order valence-corrected chi connectivity index (χ0v) is 11.7. The Labute approximate surface area is 108 Å². The molecular weight excluding hydrogens is 232 g/mol. The number of rotatable bonds is 3. The summed E-state index contributed by atoms with van der Waals surface area (Å²) in [6.07, 6.45) is 0.270. The Kier molecular flexibility index (Phi) is 3.88. The fraction of sp³-hybridized carbons (Fsp3) is 0.692. The molecule has 2 atom stereocenters. The molecule has 1 aliphatic heterocycles. The van der Waals surface area contributed by atoms with Gasteiger partial charge in [0.15, 0.2) is 0 Å². The highest BCUT2D eigenvalue weighted by atomic mass is 32.1. The van der Waals surface area contributed by atoms with Crippen LogP contribution in [-0.4, -0.2) is 36.2 Å². The lowest BCUT2D eigenvalue weighted by atomic mass is 10.0. The topological polar surface area (TPSA) is 38.5 Å². The number of nitrogens with two attached hydrogens (primary N) is 1. The molecule has 3 nitrogen and oxygen atoms in total. The molecule has 0 aromatic carbocycles. The minimum atomic E-state index is -0.0822. The van der Waals surface area contributed by atoms with Crippen LogP contribution in [0.2, 0.25) is 0 Å². The Balaban J connectivity index is 2.14. The number of hydrogen-bond donors (Lipinski definition) is 1. The van der Waals surface area contributed by atoms with Crippen LogP contribution in [0, 0.1) is 0 Å². The van der Waals surface area contributed by atoms with Gasteiger partial charge in [-0.15, -0.1) is 0 Å². The van der Waals surface area contributed by atoms with Gasteiger partial charge in [0, 0.05) is 25.7 Å². The second-order valence-electron chi connectivity index (χ2n) is 5.43. The lowest BCUT2D eigenvalue weighted by Gasteiger charge is -2.44. The van der Waals surface area contributed by atoms with Gasteiger partial charge < -0.3 is 10.5 Å². The van der Waals surface area contributed by atoms with Crippen molar-refractivity contribution in [2.45, 2.75) is 38.5 Å². The normalized spacial score (nSPS) is 26.9. The van der Waals surface area contributed by atoms with Crippen LogP contribution in [0.3, 0.4) is 0 Å². The number of thiophene rings is 1. The van der Waals surface area contributed by atoms with Crippen molar-refractivity contribution in [3.05, 3.63) is 22.4 Å². The van der Waals surface area contributed by atoms with Crippen LogP contribution in [0.15, 0.2) is 16.8 Å². The van der Waals surface area contributed by atoms with Gasteiger partial charge in [-0.1, -0.05) is 0 Å². The maximum absolute atomic E-state index is 5.95. The van der Waals surface area contributed by atoms with Gasteiger partial charge in [0.05, 0.1) is 11.7 Å². The Hall–Kier alpha value is -0.420. The molecule has 0 aliphatic carbocycles. The summed E-state index contributed by atoms with van der Waals surface area (Å²) in [5, 5.41) is 4.32. The second-order valence-corrected chi connectivity index (χ2v) is 6.21. The minimum absolute atomic E-state index is 0.0822. The van der Waals surface area contributed by atoms with E-state index in [0.29, 0.717) is 12.6 Å². The van der Waals surface area contributed by atoms with Crippen LogP contribution in [0.25, 0.3) is 0 Å². The standard InChI is InChI=1S/C13H22N2OS/c1-10-7-15(9-13(2,3)16-10)12(6-14)11-4-5-17-8-11/h4-5,8,10,12H,6-7,9,14H2,1-3H3. The van der Waals surface area contributed by atoms with Gasteiger partial charge in [-0.05, 0) is 43.2 Å². The van der Waals surface area contributed by atoms with Crippen LogP contribution in [0.5, 0.6) is 0 Å². The molecule has 0 saturated carbocycles. The van der Waals surface area contributed by atoms with Gasteiger partial charge in [-0.2, -0.15) is 11.3 Å². The summed E-state index contributed by atoms with van der Waals surface area (Å²) in [6.45, 7) is 9.00. The van der Waals surface area contributed by atoms with Gasteiger partial charge in [0.25, 0.3) is 0 Å². The van der Waals surface area contributed by atoms with E-state index in [-0.39, 0.29) is 11.7 Å². The smallest absolute Gasteiger partial charge is 0.0757 e. The van der Waals surface area contributed by atoms with Gasteiger partial charge in [0.1, 0.15) is 0 Å². The van der Waals surface area contributed by atoms with Crippen LogP contribution in [0.4, 0.5) is 0 Å². The van der Waals surface area contributed by atoms with Gasteiger partial charge in [-0.25, -0.2) is 0 Å². The first-order valence-electron chi connectivity index (χ1n) is 6.16. The molecule has 0 spiro atoms. The maximum atomic E-state index is 5.95. The summed E-state index contributed by atoms with van der Waals surface area (Å²) in [4.78, 5) is 2.45. The van der Waals surface area contributed by atoms with E-state index in [0.717, 1.165) is 13.1 Å². The summed E-state index contributed by atoms with van der Waals surface area (Å²) in [7, 11) is 0. The van der Waals surface area contributed by atoms with Crippen LogP contribution in [-0.2, 0) is 4.74 Å². The monoisotopic (exact) mass is 254 g/mol. The van der Waals surface area contributed by atoms with Gasteiger partial charge in [0.2, 0.25) is 0 Å². The molecule has 0 bridgehead atoms. The largest absolute Gasteiger partial charge is 0.370 e. The van der Waals surface area contributed by atoms with Crippen LogP contribution < -0.4 is 5.73 Å². The molecule has 0 amide bonds. The number of morpholine rings is 1. The van der Waals surface area contributed by atoms with Crippen molar-refractivity contribution in [1.82, 2.24) is 4.90 Å². The molecular formula is C13H22N2OS. The lowest BCUT2D eigenvalue weighted by Crippen LogP contribution is -2.53. The van der Waals surface area contributed by atoms with Crippen LogP contribution >= 0.6 is 11.3 Å². The van der Waals surface area contributed by atoms with Crippen LogP contribution in [0.1, 0.15) is 32.4 Å². The SMILES string of the molecule is CC1CN(C(CN)c2ccsc2)CC(C)(C)O1. The van der Waals surface area contributed by atoms with Crippen molar-refractivity contribution in [2.75, 3.05) is 19.6 Å². The minimum Gasteiger partial charge on any atom is -0.370 e. The average Bonchev–Trinajstić information content (AvgIpc) is 2.68. The summed E-state index contributed by atoms with van der Waals surface area (Å²) < 4.78 is 5.94. The zero-order valence-electron chi connectivity index (χ0n) is 10.8. The molecule has 1 saturated heterocycles. The van der Waals surface area contributed by atoms with Crippen molar-refractivity contribution >= 4 is 11.3 Å². The highest BCUT2D eigenvalue weighted by Crippen LogP contribution is 2.29. The molecule has 1 fully saturated rings. The van der Waals surface area contributed by atoms with E-state index >= 15 is 0 Å². The molecule has 2 rings (SSSR count). The Morgan fingerprint density at radius 1 is 1.65 bits per heavy atom. The second kappa shape index (κ2) is 5.06. The molecule has 17 heavy (non-hydrogen) atoms.